The highest BCUT2D eigenvalue weighted by molar-refractivity contribution is 9.08. The highest BCUT2D eigenvalue weighted by atomic mass is 79.9. The number of halogens is 4. The normalized spacial score (nSPS) is 10.6. The second-order valence-corrected chi connectivity index (χ2v) is 4.16. The van der Waals surface area contributed by atoms with E-state index in [0.717, 1.165) is 0 Å². The molecule has 0 saturated carbocycles. The molecule has 0 aliphatic carbocycles. The Morgan fingerprint density at radius 3 is 2.67 bits per heavy atom. The van der Waals surface area contributed by atoms with Gasteiger partial charge in [-0.1, -0.05) is 27.5 Å². The van der Waals surface area contributed by atoms with Gasteiger partial charge in [-0.05, 0) is 19.1 Å². The number of ether oxygens (including phenoxy) is 2. The fourth-order valence-electron chi connectivity index (χ4n) is 1.34. The summed E-state index contributed by atoms with van der Waals surface area (Å²) in [5, 5.41) is 0.291. The Balaban J connectivity index is 3.23. The van der Waals surface area contributed by atoms with Crippen LogP contribution in [0.25, 0.3) is 0 Å². The highest BCUT2D eigenvalue weighted by Gasteiger charge is 2.19. The lowest BCUT2D eigenvalue weighted by atomic mass is 10.1. The van der Waals surface area contributed by atoms with Crippen LogP contribution in [0, 0.1) is 0 Å². The minimum absolute atomic E-state index is 0.108. The maximum absolute atomic E-state index is 12.3. The van der Waals surface area contributed by atoms with Gasteiger partial charge >= 0.3 is 12.6 Å². The molecule has 100 valence electrons. The molecule has 0 saturated heterocycles. The number of benzene rings is 1. The van der Waals surface area contributed by atoms with Crippen molar-refractivity contribution in [3.05, 3.63) is 28.3 Å². The van der Waals surface area contributed by atoms with Crippen molar-refractivity contribution >= 4 is 33.5 Å². The van der Waals surface area contributed by atoms with Gasteiger partial charge in [0.1, 0.15) is 5.75 Å². The minimum atomic E-state index is -2.99. The van der Waals surface area contributed by atoms with Crippen molar-refractivity contribution in [2.75, 3.05) is 6.61 Å². The van der Waals surface area contributed by atoms with Crippen LogP contribution in [0.2, 0.25) is 5.02 Å². The molecule has 1 aromatic rings. The predicted molar refractivity (Wildman–Crippen MR) is 66.7 cm³/mol. The molecule has 1 rings (SSSR count). The first kappa shape index (κ1) is 15.2. The minimum Gasteiger partial charge on any atom is -0.462 e. The third kappa shape index (κ3) is 3.81. The number of carbonyl (C=O) groups excluding carboxylic acids is 1. The molecule has 1 aromatic carbocycles. The van der Waals surface area contributed by atoms with Gasteiger partial charge < -0.3 is 9.47 Å². The largest absolute Gasteiger partial charge is 0.462 e. The highest BCUT2D eigenvalue weighted by Crippen LogP contribution is 2.31. The van der Waals surface area contributed by atoms with E-state index in [4.69, 9.17) is 16.3 Å². The lowest BCUT2D eigenvalue weighted by Gasteiger charge is -2.13. The van der Waals surface area contributed by atoms with Crippen LogP contribution in [-0.4, -0.2) is 19.2 Å². The van der Waals surface area contributed by atoms with Crippen molar-refractivity contribution in [3.8, 4) is 5.75 Å². The van der Waals surface area contributed by atoms with Crippen LogP contribution >= 0.6 is 27.5 Å². The van der Waals surface area contributed by atoms with E-state index in [1.54, 1.807) is 6.92 Å². The molecule has 3 nitrogen and oxygen atoms in total. The van der Waals surface area contributed by atoms with Crippen LogP contribution in [-0.2, 0) is 10.1 Å². The van der Waals surface area contributed by atoms with E-state index in [2.05, 4.69) is 20.7 Å². The molecule has 0 unspecified atom stereocenters. The van der Waals surface area contributed by atoms with Crippen molar-refractivity contribution in [3.63, 3.8) is 0 Å². The number of carbonyl (C=O) groups is 1. The Labute approximate surface area is 116 Å². The van der Waals surface area contributed by atoms with E-state index in [1.807, 2.05) is 0 Å². The summed E-state index contributed by atoms with van der Waals surface area (Å²) in [5.41, 5.74) is 0.384. The van der Waals surface area contributed by atoms with Crippen LogP contribution in [0.1, 0.15) is 22.8 Å². The number of rotatable bonds is 5. The SMILES string of the molecule is CCOC(=O)c1cc(Cl)cc(OC(F)F)c1CBr. The van der Waals surface area contributed by atoms with Gasteiger partial charge in [0.05, 0.1) is 12.2 Å². The number of alkyl halides is 3. The molecule has 0 N–H and O–H groups in total. The summed E-state index contributed by atoms with van der Waals surface area (Å²) in [6, 6.07) is 2.58. The lowest BCUT2D eigenvalue weighted by Crippen LogP contribution is -2.11. The van der Waals surface area contributed by atoms with Crippen LogP contribution in [0.3, 0.4) is 0 Å². The smallest absolute Gasteiger partial charge is 0.387 e. The maximum atomic E-state index is 12.3. The van der Waals surface area contributed by atoms with Crippen molar-refractivity contribution in [1.29, 1.82) is 0 Å². The molecule has 0 aliphatic heterocycles. The zero-order valence-corrected chi connectivity index (χ0v) is 11.7. The zero-order chi connectivity index (χ0) is 13.7. The maximum Gasteiger partial charge on any atom is 0.387 e. The van der Waals surface area contributed by atoms with Crippen LogP contribution < -0.4 is 4.74 Å². The first-order valence-electron chi connectivity index (χ1n) is 4.99. The summed E-state index contributed by atoms with van der Waals surface area (Å²) >= 11 is 8.88. The van der Waals surface area contributed by atoms with Crippen LogP contribution in [0.4, 0.5) is 8.78 Å². The molecule has 0 heterocycles. The van der Waals surface area contributed by atoms with Crippen molar-refractivity contribution in [2.24, 2.45) is 0 Å². The fourth-order valence-corrected chi connectivity index (χ4v) is 2.13. The topological polar surface area (TPSA) is 35.5 Å². The quantitative estimate of drug-likeness (QED) is 0.598. The van der Waals surface area contributed by atoms with Crippen molar-refractivity contribution in [1.82, 2.24) is 0 Å². The average Bonchev–Trinajstić information content (AvgIpc) is 2.27. The van der Waals surface area contributed by atoms with E-state index in [-0.39, 0.29) is 33.8 Å². The van der Waals surface area contributed by atoms with Gasteiger partial charge in [-0.3, -0.25) is 0 Å². The Hall–Kier alpha value is -0.880. The molecule has 0 aromatic heterocycles. The van der Waals surface area contributed by atoms with Gasteiger partial charge in [0.15, 0.2) is 0 Å². The molecule has 0 spiro atoms. The molecule has 18 heavy (non-hydrogen) atoms. The third-order valence-electron chi connectivity index (χ3n) is 2.02. The third-order valence-corrected chi connectivity index (χ3v) is 2.80. The predicted octanol–water partition coefficient (Wildman–Crippen LogP) is 4.01. The number of hydrogen-bond donors (Lipinski definition) is 0. The number of esters is 1. The Morgan fingerprint density at radius 1 is 1.50 bits per heavy atom. The van der Waals surface area contributed by atoms with Crippen LogP contribution in [0.5, 0.6) is 5.75 Å². The van der Waals surface area contributed by atoms with E-state index in [1.165, 1.54) is 12.1 Å². The first-order chi connectivity index (χ1) is 8.49. The molecule has 7 heteroatoms. The van der Waals surface area contributed by atoms with Crippen molar-refractivity contribution < 1.29 is 23.0 Å². The van der Waals surface area contributed by atoms with Gasteiger partial charge in [-0.15, -0.1) is 0 Å². The molecule has 0 amide bonds. The van der Waals surface area contributed by atoms with E-state index in [0.29, 0.717) is 0 Å². The average molecular weight is 344 g/mol. The van der Waals surface area contributed by atoms with Gasteiger partial charge in [-0.25, -0.2) is 4.79 Å². The summed E-state index contributed by atoms with van der Waals surface area (Å²) in [6.45, 7) is -1.17. The Bertz CT molecular complexity index is 441. The summed E-state index contributed by atoms with van der Waals surface area (Å²) in [7, 11) is 0. The molecule has 0 fully saturated rings. The van der Waals surface area contributed by atoms with Gasteiger partial charge in [0, 0.05) is 15.9 Å². The van der Waals surface area contributed by atoms with E-state index < -0.39 is 12.6 Å². The van der Waals surface area contributed by atoms with Gasteiger partial charge in [0.2, 0.25) is 0 Å². The summed E-state index contributed by atoms with van der Waals surface area (Å²) in [4.78, 5) is 11.7. The Kier molecular flexibility index (Phi) is 5.81. The second-order valence-electron chi connectivity index (χ2n) is 3.16. The molecule has 0 bridgehead atoms. The Morgan fingerprint density at radius 2 is 2.17 bits per heavy atom. The molecule has 0 radical (unpaired) electrons. The number of hydrogen-bond acceptors (Lipinski definition) is 3. The monoisotopic (exact) mass is 342 g/mol. The van der Waals surface area contributed by atoms with Crippen LogP contribution in [0.15, 0.2) is 12.1 Å². The summed E-state index contributed by atoms with van der Waals surface area (Å²) < 4.78 is 33.7. The fraction of sp³-hybridized carbons (Fsp3) is 0.364. The zero-order valence-electron chi connectivity index (χ0n) is 9.38. The van der Waals surface area contributed by atoms with E-state index >= 15 is 0 Å². The first-order valence-corrected chi connectivity index (χ1v) is 6.49. The van der Waals surface area contributed by atoms with Crippen molar-refractivity contribution in [2.45, 2.75) is 18.9 Å². The molecule has 0 aliphatic rings. The van der Waals surface area contributed by atoms with E-state index in [9.17, 15) is 13.6 Å². The molecule has 0 atom stereocenters. The second kappa shape index (κ2) is 6.89. The van der Waals surface area contributed by atoms with Gasteiger partial charge in [-0.2, -0.15) is 8.78 Å². The lowest BCUT2D eigenvalue weighted by molar-refractivity contribution is -0.0504. The molecular formula is C11H10BrClF2O3. The molecular weight excluding hydrogens is 333 g/mol. The standard InChI is InChI=1S/C11H10BrClF2O3/c1-2-17-10(16)7-3-6(13)4-9(8(7)5-12)18-11(14)15/h3-4,11H,2,5H2,1H3. The summed E-state index contributed by atoms with van der Waals surface area (Å²) in [6.07, 6.45) is 0. The summed E-state index contributed by atoms with van der Waals surface area (Å²) in [5.74, 6) is -0.772. The van der Waals surface area contributed by atoms with Gasteiger partial charge in [0.25, 0.3) is 0 Å².